The minimum absolute atomic E-state index is 0.105. The van der Waals surface area contributed by atoms with E-state index in [4.69, 9.17) is 4.74 Å². The number of aryl methyl sites for hydroxylation is 1. The Kier molecular flexibility index (Phi) is 6.79. The Balaban J connectivity index is 1.82. The van der Waals surface area contributed by atoms with Crippen molar-refractivity contribution in [3.8, 4) is 0 Å². The molecule has 0 spiro atoms. The molecule has 132 valence electrons. The van der Waals surface area contributed by atoms with Gasteiger partial charge in [0, 0.05) is 31.9 Å². The normalized spacial score (nSPS) is 16.7. The highest BCUT2D eigenvalue weighted by molar-refractivity contribution is 5.97. The van der Waals surface area contributed by atoms with Gasteiger partial charge in [0.1, 0.15) is 11.7 Å². The molecule has 1 aromatic rings. The second-order valence-electron chi connectivity index (χ2n) is 6.37. The minimum Gasteiger partial charge on any atom is -0.465 e. The van der Waals surface area contributed by atoms with E-state index in [1.165, 1.54) is 18.2 Å². The van der Waals surface area contributed by atoms with Crippen molar-refractivity contribution in [1.29, 1.82) is 0 Å². The van der Waals surface area contributed by atoms with Gasteiger partial charge in [-0.3, -0.25) is 14.5 Å². The number of ketones is 1. The van der Waals surface area contributed by atoms with E-state index in [1.807, 2.05) is 0 Å². The molecule has 0 bridgehead atoms. The zero-order valence-electron chi connectivity index (χ0n) is 15.0. The largest absolute Gasteiger partial charge is 0.465 e. The van der Waals surface area contributed by atoms with Crippen LogP contribution in [-0.4, -0.2) is 56.0 Å². The molecule has 0 aliphatic carbocycles. The fourth-order valence-electron chi connectivity index (χ4n) is 3.10. The van der Waals surface area contributed by atoms with Crippen LogP contribution >= 0.6 is 0 Å². The van der Waals surface area contributed by atoms with Gasteiger partial charge in [-0.25, -0.2) is 0 Å². The summed E-state index contributed by atoms with van der Waals surface area (Å²) in [7, 11) is 0. The van der Waals surface area contributed by atoms with Crippen LogP contribution < -0.4 is 4.90 Å². The fraction of sp³-hybridized carbons (Fsp3) is 0.579. The molecule has 1 aromatic carbocycles. The number of carbonyl (C=O) groups is 2. The van der Waals surface area contributed by atoms with Crippen molar-refractivity contribution >= 4 is 17.4 Å². The molecule has 5 nitrogen and oxygen atoms in total. The lowest BCUT2D eigenvalue weighted by molar-refractivity contribution is -0.151. The average molecular weight is 332 g/mol. The number of carbonyl (C=O) groups excluding carboxylic acids is 2. The Morgan fingerprint density at radius 1 is 1.21 bits per heavy atom. The number of hydrogen-bond acceptors (Lipinski definition) is 5. The molecule has 1 heterocycles. The molecule has 1 atom stereocenters. The quantitative estimate of drug-likeness (QED) is 0.566. The summed E-state index contributed by atoms with van der Waals surface area (Å²) in [6.45, 7) is 10.2. The number of nitrogens with zero attached hydrogens (tertiary/aromatic N) is 2. The molecular weight excluding hydrogens is 304 g/mol. The number of hydrogen-bond donors (Lipinski definition) is 0. The number of anilines is 1. The van der Waals surface area contributed by atoms with Crippen LogP contribution in [0.15, 0.2) is 24.3 Å². The fourth-order valence-corrected chi connectivity index (χ4v) is 3.10. The molecule has 0 radical (unpaired) electrons. The predicted octanol–water partition coefficient (Wildman–Crippen LogP) is 2.28. The molecule has 0 saturated carbocycles. The Bertz CT molecular complexity index is 565. The Labute approximate surface area is 144 Å². The SMILES string of the molecule is CCOC(=O)C(CCN1CCN(c2cccc(C)c2)CC1)C(C)=O. The molecule has 1 aliphatic rings. The Morgan fingerprint density at radius 3 is 2.50 bits per heavy atom. The molecule has 0 amide bonds. The summed E-state index contributed by atoms with van der Waals surface area (Å²) in [5.74, 6) is -1.12. The first kappa shape index (κ1) is 18.5. The van der Waals surface area contributed by atoms with Crippen LogP contribution in [0.4, 0.5) is 5.69 Å². The summed E-state index contributed by atoms with van der Waals surface area (Å²) in [5.41, 5.74) is 2.54. The van der Waals surface area contributed by atoms with Crippen LogP contribution in [0.5, 0.6) is 0 Å². The lowest BCUT2D eigenvalue weighted by Crippen LogP contribution is -2.47. The standard InChI is InChI=1S/C19H28N2O3/c1-4-24-19(23)18(16(3)22)8-9-20-10-12-21(13-11-20)17-7-5-6-15(2)14-17/h5-7,14,18H,4,8-13H2,1-3H3. The summed E-state index contributed by atoms with van der Waals surface area (Å²) < 4.78 is 5.00. The van der Waals surface area contributed by atoms with Gasteiger partial charge in [0.05, 0.1) is 6.61 Å². The number of benzene rings is 1. The molecule has 5 heteroatoms. The molecule has 1 aliphatic heterocycles. The molecule has 1 saturated heterocycles. The number of esters is 1. The smallest absolute Gasteiger partial charge is 0.316 e. The van der Waals surface area contributed by atoms with E-state index in [0.717, 1.165) is 32.7 Å². The van der Waals surface area contributed by atoms with Gasteiger partial charge in [0.2, 0.25) is 0 Å². The van der Waals surface area contributed by atoms with Crippen LogP contribution in [0.3, 0.4) is 0 Å². The van der Waals surface area contributed by atoms with Gasteiger partial charge in [0.25, 0.3) is 0 Å². The van der Waals surface area contributed by atoms with Gasteiger partial charge < -0.3 is 9.64 Å². The lowest BCUT2D eigenvalue weighted by Gasteiger charge is -2.36. The van der Waals surface area contributed by atoms with Crippen molar-refractivity contribution in [2.75, 3.05) is 44.2 Å². The topological polar surface area (TPSA) is 49.9 Å². The van der Waals surface area contributed by atoms with Crippen molar-refractivity contribution < 1.29 is 14.3 Å². The molecule has 24 heavy (non-hydrogen) atoms. The van der Waals surface area contributed by atoms with Crippen LogP contribution in [0, 0.1) is 12.8 Å². The third-order valence-electron chi connectivity index (χ3n) is 4.53. The van der Waals surface area contributed by atoms with Crippen molar-refractivity contribution in [3.05, 3.63) is 29.8 Å². The summed E-state index contributed by atoms with van der Waals surface area (Å²) in [5, 5.41) is 0. The van der Waals surface area contributed by atoms with Crippen LogP contribution in [0.1, 0.15) is 25.8 Å². The molecular formula is C19H28N2O3. The van der Waals surface area contributed by atoms with E-state index in [9.17, 15) is 9.59 Å². The molecule has 0 N–H and O–H groups in total. The van der Waals surface area contributed by atoms with E-state index in [2.05, 4.69) is 41.0 Å². The summed E-state index contributed by atoms with van der Waals surface area (Å²) >= 11 is 0. The van der Waals surface area contributed by atoms with E-state index >= 15 is 0 Å². The van der Waals surface area contributed by atoms with Crippen molar-refractivity contribution in [2.24, 2.45) is 5.92 Å². The van der Waals surface area contributed by atoms with E-state index in [-0.39, 0.29) is 11.8 Å². The van der Waals surface area contributed by atoms with E-state index in [1.54, 1.807) is 6.92 Å². The van der Waals surface area contributed by atoms with E-state index in [0.29, 0.717) is 13.0 Å². The van der Waals surface area contributed by atoms with Crippen molar-refractivity contribution in [3.63, 3.8) is 0 Å². The average Bonchev–Trinajstić information content (AvgIpc) is 2.55. The van der Waals surface area contributed by atoms with Gasteiger partial charge in [-0.1, -0.05) is 12.1 Å². The van der Waals surface area contributed by atoms with Gasteiger partial charge in [-0.05, 0) is 51.4 Å². The van der Waals surface area contributed by atoms with E-state index < -0.39 is 5.92 Å². The number of piperazine rings is 1. The minimum atomic E-state index is -0.625. The van der Waals surface area contributed by atoms with Gasteiger partial charge >= 0.3 is 5.97 Å². The highest BCUT2D eigenvalue weighted by atomic mass is 16.5. The molecule has 2 rings (SSSR count). The summed E-state index contributed by atoms with van der Waals surface area (Å²) in [6, 6.07) is 8.56. The summed E-state index contributed by atoms with van der Waals surface area (Å²) in [4.78, 5) is 28.2. The third kappa shape index (κ3) is 5.06. The highest BCUT2D eigenvalue weighted by Crippen LogP contribution is 2.18. The van der Waals surface area contributed by atoms with Gasteiger partial charge in [0.15, 0.2) is 0 Å². The third-order valence-corrected chi connectivity index (χ3v) is 4.53. The zero-order valence-corrected chi connectivity index (χ0v) is 15.0. The van der Waals surface area contributed by atoms with Gasteiger partial charge in [-0.2, -0.15) is 0 Å². The second-order valence-corrected chi connectivity index (χ2v) is 6.37. The maximum Gasteiger partial charge on any atom is 0.316 e. The maximum absolute atomic E-state index is 11.9. The van der Waals surface area contributed by atoms with Crippen molar-refractivity contribution in [1.82, 2.24) is 4.90 Å². The molecule has 1 unspecified atom stereocenters. The zero-order chi connectivity index (χ0) is 17.5. The van der Waals surface area contributed by atoms with Crippen LogP contribution in [-0.2, 0) is 14.3 Å². The second kappa shape index (κ2) is 8.83. The molecule has 1 fully saturated rings. The van der Waals surface area contributed by atoms with Crippen LogP contribution in [0.25, 0.3) is 0 Å². The van der Waals surface area contributed by atoms with Crippen LogP contribution in [0.2, 0.25) is 0 Å². The monoisotopic (exact) mass is 332 g/mol. The number of rotatable bonds is 7. The number of Topliss-reactive ketones (excluding diaryl/α,β-unsaturated/α-hetero) is 1. The maximum atomic E-state index is 11.9. The van der Waals surface area contributed by atoms with Crippen molar-refractivity contribution in [2.45, 2.75) is 27.2 Å². The first-order chi connectivity index (χ1) is 11.5. The molecule has 0 aromatic heterocycles. The Morgan fingerprint density at radius 2 is 1.92 bits per heavy atom. The highest BCUT2D eigenvalue weighted by Gasteiger charge is 2.26. The predicted molar refractivity (Wildman–Crippen MR) is 95.3 cm³/mol. The number of ether oxygens (including phenoxy) is 1. The first-order valence-corrected chi connectivity index (χ1v) is 8.72. The summed E-state index contributed by atoms with van der Waals surface area (Å²) in [6.07, 6.45) is 0.540. The van der Waals surface area contributed by atoms with Gasteiger partial charge in [-0.15, -0.1) is 0 Å². The Hall–Kier alpha value is -1.88. The first-order valence-electron chi connectivity index (χ1n) is 8.72. The lowest BCUT2D eigenvalue weighted by atomic mass is 10.0.